The number of methoxy groups -OCH3 is 1. The van der Waals surface area contributed by atoms with Crippen molar-refractivity contribution < 1.29 is 9.53 Å². The summed E-state index contributed by atoms with van der Waals surface area (Å²) in [7, 11) is 1.67. The molecule has 0 radical (unpaired) electrons. The highest BCUT2D eigenvalue weighted by molar-refractivity contribution is 6.30. The maximum Gasteiger partial charge on any atom is 0.140 e. The first kappa shape index (κ1) is 15.5. The first-order valence-corrected chi connectivity index (χ1v) is 8.76. The van der Waals surface area contributed by atoms with Crippen molar-refractivity contribution in [3.8, 4) is 5.75 Å². The van der Waals surface area contributed by atoms with Crippen LogP contribution in [0.15, 0.2) is 48.5 Å². The summed E-state index contributed by atoms with van der Waals surface area (Å²) < 4.78 is 5.27. The zero-order chi connectivity index (χ0) is 16.7. The van der Waals surface area contributed by atoms with Crippen molar-refractivity contribution in [3.05, 3.63) is 59.1 Å². The van der Waals surface area contributed by atoms with Crippen LogP contribution in [0.5, 0.6) is 5.75 Å². The zero-order valence-corrected chi connectivity index (χ0v) is 14.4. The molecule has 124 valence electrons. The molecule has 3 nitrogen and oxygen atoms in total. The highest BCUT2D eigenvalue weighted by Crippen LogP contribution is 2.48. The van der Waals surface area contributed by atoms with Gasteiger partial charge < -0.3 is 9.64 Å². The van der Waals surface area contributed by atoms with E-state index in [0.29, 0.717) is 12.2 Å². The van der Waals surface area contributed by atoms with Crippen LogP contribution in [-0.4, -0.2) is 18.9 Å². The molecule has 0 N–H and O–H groups in total. The second kappa shape index (κ2) is 6.14. The van der Waals surface area contributed by atoms with Gasteiger partial charge in [0, 0.05) is 29.1 Å². The van der Waals surface area contributed by atoms with Gasteiger partial charge in [-0.1, -0.05) is 23.7 Å². The van der Waals surface area contributed by atoms with Gasteiger partial charge in [0.05, 0.1) is 13.2 Å². The van der Waals surface area contributed by atoms with E-state index in [0.717, 1.165) is 34.9 Å². The van der Waals surface area contributed by atoms with Gasteiger partial charge in [0.15, 0.2) is 0 Å². The highest BCUT2D eigenvalue weighted by atomic mass is 35.5. The predicted octanol–water partition coefficient (Wildman–Crippen LogP) is 4.65. The number of ketones is 1. The molecule has 2 aromatic rings. The molecule has 2 bridgehead atoms. The molecule has 4 heteroatoms. The van der Waals surface area contributed by atoms with Crippen molar-refractivity contribution in [2.45, 2.75) is 31.3 Å². The molecule has 1 saturated carbocycles. The fourth-order valence-corrected chi connectivity index (χ4v) is 4.32. The van der Waals surface area contributed by atoms with E-state index < -0.39 is 0 Å². The summed E-state index contributed by atoms with van der Waals surface area (Å²) >= 11 is 6.05. The number of hydrogen-bond acceptors (Lipinski definition) is 3. The molecule has 0 amide bonds. The third kappa shape index (κ3) is 2.57. The molecule has 2 aliphatic heterocycles. The van der Waals surface area contributed by atoms with Crippen LogP contribution in [0.2, 0.25) is 5.02 Å². The van der Waals surface area contributed by atoms with E-state index in [1.54, 1.807) is 7.11 Å². The van der Waals surface area contributed by atoms with Crippen molar-refractivity contribution in [1.82, 2.24) is 0 Å². The molecule has 2 saturated heterocycles. The number of benzene rings is 2. The number of nitrogens with zero attached hydrogens (tertiary/aromatic N) is 1. The normalized spacial score (nSPS) is 25.8. The summed E-state index contributed by atoms with van der Waals surface area (Å²) in [4.78, 5) is 14.9. The van der Waals surface area contributed by atoms with Gasteiger partial charge in [-0.15, -0.1) is 0 Å². The average Bonchev–Trinajstić information content (AvgIpc) is 2.62. The highest BCUT2D eigenvalue weighted by Gasteiger charge is 2.47. The molecular weight excluding hydrogens is 322 g/mol. The second-order valence-corrected chi connectivity index (χ2v) is 7.05. The lowest BCUT2D eigenvalue weighted by Crippen LogP contribution is -2.54. The van der Waals surface area contributed by atoms with Crippen LogP contribution < -0.4 is 9.64 Å². The van der Waals surface area contributed by atoms with Gasteiger partial charge in [-0.2, -0.15) is 0 Å². The first-order valence-electron chi connectivity index (χ1n) is 8.38. The van der Waals surface area contributed by atoms with Gasteiger partial charge in [0.2, 0.25) is 0 Å². The molecule has 3 fully saturated rings. The minimum atomic E-state index is 0.0678. The van der Waals surface area contributed by atoms with E-state index in [4.69, 9.17) is 16.3 Å². The molecule has 3 aliphatic rings. The summed E-state index contributed by atoms with van der Waals surface area (Å²) in [5.41, 5.74) is 2.32. The standard InChI is InChI=1S/C20H20ClNO2/c1-24-17-9-6-15(7-10-17)22-16-8-11-18(19(23)12-16)20(22)13-2-4-14(21)5-3-13/h2-7,9-10,16,18,20H,8,11-12H2,1H3/t16-,18+,20-/m1/s1. The van der Waals surface area contributed by atoms with E-state index in [-0.39, 0.29) is 18.0 Å². The summed E-state index contributed by atoms with van der Waals surface area (Å²) in [6.07, 6.45) is 2.71. The van der Waals surface area contributed by atoms with Crippen LogP contribution in [0.4, 0.5) is 5.69 Å². The molecule has 0 spiro atoms. The van der Waals surface area contributed by atoms with Crippen LogP contribution in [-0.2, 0) is 4.79 Å². The van der Waals surface area contributed by atoms with Crippen LogP contribution in [0.25, 0.3) is 0 Å². The number of rotatable bonds is 3. The van der Waals surface area contributed by atoms with Gasteiger partial charge in [-0.25, -0.2) is 0 Å². The Bertz CT molecular complexity index is 741. The smallest absolute Gasteiger partial charge is 0.140 e. The van der Waals surface area contributed by atoms with E-state index in [1.807, 2.05) is 24.3 Å². The number of carbonyl (C=O) groups excluding carboxylic acids is 1. The van der Waals surface area contributed by atoms with E-state index in [1.165, 1.54) is 0 Å². The van der Waals surface area contributed by atoms with Crippen molar-refractivity contribution >= 4 is 23.1 Å². The fourth-order valence-electron chi connectivity index (χ4n) is 4.19. The van der Waals surface area contributed by atoms with Gasteiger partial charge in [0.1, 0.15) is 11.5 Å². The molecule has 3 atom stereocenters. The quantitative estimate of drug-likeness (QED) is 0.814. The summed E-state index contributed by atoms with van der Waals surface area (Å²) in [5, 5.41) is 0.724. The molecule has 0 aromatic heterocycles. The number of hydrogen-bond donors (Lipinski definition) is 0. The lowest BCUT2D eigenvalue weighted by molar-refractivity contribution is -0.128. The Balaban J connectivity index is 1.76. The molecule has 5 rings (SSSR count). The maximum atomic E-state index is 12.5. The number of fused-ring (bicyclic) bond motifs is 3. The minimum absolute atomic E-state index is 0.0678. The molecule has 1 aliphatic carbocycles. The minimum Gasteiger partial charge on any atom is -0.497 e. The molecular formula is C20H20ClNO2. The Kier molecular flexibility index (Phi) is 3.97. The number of halogens is 1. The summed E-state index contributed by atoms with van der Waals surface area (Å²) in [6.45, 7) is 0. The third-order valence-corrected chi connectivity index (χ3v) is 5.57. The van der Waals surface area contributed by atoms with Crippen LogP contribution >= 0.6 is 11.6 Å². The topological polar surface area (TPSA) is 29.5 Å². The van der Waals surface area contributed by atoms with E-state index >= 15 is 0 Å². The average molecular weight is 342 g/mol. The SMILES string of the molecule is COc1ccc(N2[C@@H]3CC[C@@H](C(=O)C3)[C@H]2c2ccc(Cl)cc2)cc1. The largest absolute Gasteiger partial charge is 0.497 e. The van der Waals surface area contributed by atoms with Gasteiger partial charge >= 0.3 is 0 Å². The van der Waals surface area contributed by atoms with Crippen LogP contribution in [0.1, 0.15) is 30.9 Å². The van der Waals surface area contributed by atoms with Crippen molar-refractivity contribution in [2.24, 2.45) is 5.92 Å². The second-order valence-electron chi connectivity index (χ2n) is 6.61. The zero-order valence-electron chi connectivity index (χ0n) is 13.6. The number of anilines is 1. The predicted molar refractivity (Wildman–Crippen MR) is 95.8 cm³/mol. The third-order valence-electron chi connectivity index (χ3n) is 5.32. The molecule has 0 unspecified atom stereocenters. The number of Topliss-reactive ketones (excluding diaryl/α,β-unsaturated/α-hetero) is 1. The Hall–Kier alpha value is -2.00. The van der Waals surface area contributed by atoms with Gasteiger partial charge in [0.25, 0.3) is 0 Å². The van der Waals surface area contributed by atoms with Crippen molar-refractivity contribution in [1.29, 1.82) is 0 Å². The Morgan fingerprint density at radius 3 is 2.38 bits per heavy atom. The fraction of sp³-hybridized carbons (Fsp3) is 0.350. The summed E-state index contributed by atoms with van der Waals surface area (Å²) in [6, 6.07) is 16.4. The number of piperidine rings is 2. The lowest BCUT2D eigenvalue weighted by Gasteiger charge is -2.52. The summed E-state index contributed by atoms with van der Waals surface area (Å²) in [5.74, 6) is 1.31. The van der Waals surface area contributed by atoms with E-state index in [9.17, 15) is 4.79 Å². The maximum absolute atomic E-state index is 12.5. The molecule has 2 heterocycles. The molecule has 24 heavy (non-hydrogen) atoms. The van der Waals surface area contributed by atoms with Crippen LogP contribution in [0, 0.1) is 5.92 Å². The van der Waals surface area contributed by atoms with Crippen LogP contribution in [0.3, 0.4) is 0 Å². The van der Waals surface area contributed by atoms with Gasteiger partial charge in [-0.3, -0.25) is 4.79 Å². The monoisotopic (exact) mass is 341 g/mol. The Morgan fingerprint density at radius 1 is 1.04 bits per heavy atom. The van der Waals surface area contributed by atoms with E-state index in [2.05, 4.69) is 29.2 Å². The Morgan fingerprint density at radius 2 is 1.75 bits per heavy atom. The van der Waals surface area contributed by atoms with Gasteiger partial charge in [-0.05, 0) is 54.8 Å². The number of carbonyl (C=O) groups is 1. The lowest BCUT2D eigenvalue weighted by atomic mass is 9.71. The van der Waals surface area contributed by atoms with Crippen molar-refractivity contribution in [2.75, 3.05) is 12.0 Å². The van der Waals surface area contributed by atoms with Crippen molar-refractivity contribution in [3.63, 3.8) is 0 Å². The number of ether oxygens (including phenoxy) is 1. The Labute approximate surface area is 147 Å². The molecule has 2 aromatic carbocycles. The first-order chi connectivity index (χ1) is 11.7.